The average Bonchev–Trinajstić information content (AvgIpc) is 2.88. The second-order valence-electron chi connectivity index (χ2n) is 4.38. The Balaban J connectivity index is 1.94. The number of aromatic amines is 1. The van der Waals surface area contributed by atoms with E-state index in [0.717, 1.165) is 5.69 Å². The Kier molecular flexibility index (Phi) is 3.31. The molecule has 0 saturated heterocycles. The molecule has 0 spiro atoms. The van der Waals surface area contributed by atoms with E-state index in [0.29, 0.717) is 17.4 Å². The highest BCUT2D eigenvalue weighted by Crippen LogP contribution is 2.14. The SMILES string of the molecule is CC(C)c1cc(NC(=O)Cn2cc(N)cn2)n[nH]1. The van der Waals surface area contributed by atoms with Crippen molar-refractivity contribution >= 4 is 17.4 Å². The number of amides is 1. The fourth-order valence-corrected chi connectivity index (χ4v) is 1.49. The van der Waals surface area contributed by atoms with Crippen LogP contribution in [-0.4, -0.2) is 25.9 Å². The minimum absolute atomic E-state index is 0.112. The molecule has 0 aliphatic rings. The van der Waals surface area contributed by atoms with Gasteiger partial charge in [-0.25, -0.2) is 0 Å². The highest BCUT2D eigenvalue weighted by atomic mass is 16.2. The number of carbonyl (C=O) groups is 1. The van der Waals surface area contributed by atoms with Gasteiger partial charge in [0.2, 0.25) is 5.91 Å². The number of nitrogens with two attached hydrogens (primary N) is 1. The first kappa shape index (κ1) is 12.2. The molecular weight excluding hydrogens is 232 g/mol. The number of aromatic nitrogens is 4. The van der Waals surface area contributed by atoms with Gasteiger partial charge < -0.3 is 11.1 Å². The zero-order valence-corrected chi connectivity index (χ0v) is 10.3. The van der Waals surface area contributed by atoms with Gasteiger partial charge in [-0.1, -0.05) is 13.8 Å². The minimum Gasteiger partial charge on any atom is -0.396 e. The third-order valence-electron chi connectivity index (χ3n) is 2.45. The predicted molar refractivity (Wildman–Crippen MR) is 67.9 cm³/mol. The molecule has 0 unspecified atom stereocenters. The topological polar surface area (TPSA) is 102 Å². The molecule has 96 valence electrons. The highest BCUT2D eigenvalue weighted by molar-refractivity contribution is 5.89. The number of hydrogen-bond acceptors (Lipinski definition) is 4. The highest BCUT2D eigenvalue weighted by Gasteiger charge is 2.08. The maximum atomic E-state index is 11.7. The molecule has 2 aromatic rings. The van der Waals surface area contributed by atoms with E-state index in [2.05, 4.69) is 20.6 Å². The van der Waals surface area contributed by atoms with Gasteiger partial charge >= 0.3 is 0 Å². The van der Waals surface area contributed by atoms with Crippen molar-refractivity contribution < 1.29 is 4.79 Å². The van der Waals surface area contributed by atoms with Crippen molar-refractivity contribution in [2.75, 3.05) is 11.1 Å². The number of nitrogens with one attached hydrogen (secondary N) is 2. The van der Waals surface area contributed by atoms with E-state index in [4.69, 9.17) is 5.73 Å². The number of H-pyrrole nitrogens is 1. The first-order valence-electron chi connectivity index (χ1n) is 5.67. The van der Waals surface area contributed by atoms with Gasteiger partial charge in [0.25, 0.3) is 0 Å². The Bertz CT molecular complexity index is 541. The number of anilines is 2. The van der Waals surface area contributed by atoms with E-state index < -0.39 is 0 Å². The Morgan fingerprint density at radius 1 is 1.61 bits per heavy atom. The van der Waals surface area contributed by atoms with E-state index in [1.165, 1.54) is 10.9 Å². The maximum Gasteiger partial charge on any atom is 0.247 e. The molecule has 0 fully saturated rings. The van der Waals surface area contributed by atoms with Gasteiger partial charge in [0, 0.05) is 18.0 Å². The second kappa shape index (κ2) is 4.91. The molecule has 0 bridgehead atoms. The standard InChI is InChI=1S/C11H16N6O/c1-7(2)9-3-10(16-15-9)14-11(18)6-17-5-8(12)4-13-17/h3-5,7H,6,12H2,1-2H3,(H2,14,15,16,18). The van der Waals surface area contributed by atoms with Crippen LogP contribution in [0.3, 0.4) is 0 Å². The van der Waals surface area contributed by atoms with Crippen LogP contribution in [0.5, 0.6) is 0 Å². The molecule has 1 amide bonds. The summed E-state index contributed by atoms with van der Waals surface area (Å²) >= 11 is 0. The Morgan fingerprint density at radius 2 is 2.39 bits per heavy atom. The number of hydrogen-bond donors (Lipinski definition) is 3. The molecule has 0 aromatic carbocycles. The smallest absolute Gasteiger partial charge is 0.247 e. The fraction of sp³-hybridized carbons (Fsp3) is 0.364. The summed E-state index contributed by atoms with van der Waals surface area (Å²) < 4.78 is 1.47. The summed E-state index contributed by atoms with van der Waals surface area (Å²) in [5.74, 6) is 0.665. The van der Waals surface area contributed by atoms with Crippen molar-refractivity contribution in [2.45, 2.75) is 26.3 Å². The number of carbonyl (C=O) groups excluding carboxylic acids is 1. The molecule has 0 aliphatic heterocycles. The quantitative estimate of drug-likeness (QED) is 0.749. The van der Waals surface area contributed by atoms with Crippen LogP contribution in [0.25, 0.3) is 0 Å². The molecule has 0 aliphatic carbocycles. The van der Waals surface area contributed by atoms with E-state index in [-0.39, 0.29) is 12.5 Å². The van der Waals surface area contributed by atoms with Gasteiger partial charge in [-0.2, -0.15) is 10.2 Å². The van der Waals surface area contributed by atoms with Gasteiger partial charge in [0.1, 0.15) is 6.54 Å². The molecule has 7 heteroatoms. The third-order valence-corrected chi connectivity index (χ3v) is 2.45. The first-order valence-corrected chi connectivity index (χ1v) is 5.67. The first-order chi connectivity index (χ1) is 8.54. The van der Waals surface area contributed by atoms with Crippen molar-refractivity contribution in [1.82, 2.24) is 20.0 Å². The molecule has 2 aromatic heterocycles. The Hall–Kier alpha value is -2.31. The molecule has 0 atom stereocenters. The minimum atomic E-state index is -0.195. The second-order valence-corrected chi connectivity index (χ2v) is 4.38. The zero-order chi connectivity index (χ0) is 13.1. The summed E-state index contributed by atoms with van der Waals surface area (Å²) in [6.45, 7) is 4.21. The van der Waals surface area contributed by atoms with E-state index in [1.807, 2.05) is 19.9 Å². The Morgan fingerprint density at radius 3 is 2.94 bits per heavy atom. The third kappa shape index (κ3) is 2.88. The number of rotatable bonds is 4. The van der Waals surface area contributed by atoms with Crippen LogP contribution in [0.15, 0.2) is 18.5 Å². The van der Waals surface area contributed by atoms with E-state index in [1.54, 1.807) is 6.20 Å². The summed E-state index contributed by atoms with van der Waals surface area (Å²) in [5.41, 5.74) is 7.02. The van der Waals surface area contributed by atoms with Crippen LogP contribution >= 0.6 is 0 Å². The van der Waals surface area contributed by atoms with Crippen molar-refractivity contribution in [2.24, 2.45) is 0 Å². The molecule has 0 radical (unpaired) electrons. The lowest BCUT2D eigenvalue weighted by atomic mass is 10.1. The van der Waals surface area contributed by atoms with Crippen molar-refractivity contribution in [3.63, 3.8) is 0 Å². The van der Waals surface area contributed by atoms with Gasteiger partial charge in [-0.3, -0.25) is 14.6 Å². The van der Waals surface area contributed by atoms with Crippen LogP contribution in [-0.2, 0) is 11.3 Å². The Labute approximate surface area is 104 Å². The van der Waals surface area contributed by atoms with Gasteiger partial charge in [-0.05, 0) is 5.92 Å². The van der Waals surface area contributed by atoms with Gasteiger partial charge in [-0.15, -0.1) is 0 Å². The largest absolute Gasteiger partial charge is 0.396 e. The predicted octanol–water partition coefficient (Wildman–Crippen LogP) is 0.950. The molecule has 0 saturated carbocycles. The van der Waals surface area contributed by atoms with Crippen molar-refractivity contribution in [3.05, 3.63) is 24.2 Å². The van der Waals surface area contributed by atoms with Crippen LogP contribution in [0.1, 0.15) is 25.5 Å². The molecule has 4 N–H and O–H groups in total. The van der Waals surface area contributed by atoms with Crippen molar-refractivity contribution in [3.8, 4) is 0 Å². The van der Waals surface area contributed by atoms with E-state index in [9.17, 15) is 4.79 Å². The lowest BCUT2D eigenvalue weighted by Crippen LogP contribution is -2.19. The van der Waals surface area contributed by atoms with Crippen LogP contribution in [0.4, 0.5) is 11.5 Å². The summed E-state index contributed by atoms with van der Waals surface area (Å²) in [6, 6.07) is 1.82. The molecule has 2 heterocycles. The van der Waals surface area contributed by atoms with Gasteiger partial charge in [0.05, 0.1) is 11.9 Å². The monoisotopic (exact) mass is 248 g/mol. The van der Waals surface area contributed by atoms with Crippen LogP contribution in [0.2, 0.25) is 0 Å². The maximum absolute atomic E-state index is 11.7. The molecule has 7 nitrogen and oxygen atoms in total. The fourth-order valence-electron chi connectivity index (χ4n) is 1.49. The summed E-state index contributed by atoms with van der Waals surface area (Å²) in [5, 5.41) is 13.5. The van der Waals surface area contributed by atoms with Crippen LogP contribution < -0.4 is 11.1 Å². The molecular formula is C11H16N6O. The molecule has 2 rings (SSSR count). The molecule has 18 heavy (non-hydrogen) atoms. The van der Waals surface area contributed by atoms with Crippen molar-refractivity contribution in [1.29, 1.82) is 0 Å². The van der Waals surface area contributed by atoms with Gasteiger partial charge in [0.15, 0.2) is 5.82 Å². The lowest BCUT2D eigenvalue weighted by Gasteiger charge is -2.01. The summed E-state index contributed by atoms with van der Waals surface area (Å²) in [4.78, 5) is 11.7. The summed E-state index contributed by atoms with van der Waals surface area (Å²) in [6.07, 6.45) is 3.10. The zero-order valence-electron chi connectivity index (χ0n) is 10.3. The average molecular weight is 248 g/mol. The number of nitrogens with zero attached hydrogens (tertiary/aromatic N) is 3. The number of nitrogen functional groups attached to an aromatic ring is 1. The van der Waals surface area contributed by atoms with E-state index >= 15 is 0 Å². The normalized spacial score (nSPS) is 10.8. The lowest BCUT2D eigenvalue weighted by molar-refractivity contribution is -0.116. The summed E-state index contributed by atoms with van der Waals surface area (Å²) in [7, 11) is 0. The van der Waals surface area contributed by atoms with Crippen LogP contribution in [0, 0.1) is 0 Å².